The van der Waals surface area contributed by atoms with Crippen molar-refractivity contribution < 1.29 is 9.47 Å². The number of nitrogens with zero attached hydrogens (tertiary/aromatic N) is 3. The number of benzene rings is 1. The van der Waals surface area contributed by atoms with Gasteiger partial charge in [0.25, 0.3) is 0 Å². The number of aromatic nitrogens is 3. The molecule has 0 fully saturated rings. The zero-order valence-corrected chi connectivity index (χ0v) is 12.4. The van der Waals surface area contributed by atoms with Crippen LogP contribution in [0.2, 0.25) is 0 Å². The van der Waals surface area contributed by atoms with Gasteiger partial charge in [0.1, 0.15) is 11.6 Å². The lowest BCUT2D eigenvalue weighted by Gasteiger charge is -2.08. The summed E-state index contributed by atoms with van der Waals surface area (Å²) in [5.41, 5.74) is 5.91. The van der Waals surface area contributed by atoms with E-state index in [1.54, 1.807) is 18.7 Å². The van der Waals surface area contributed by atoms with Crippen LogP contribution in [0.3, 0.4) is 0 Å². The molecule has 0 bridgehead atoms. The third-order valence-electron chi connectivity index (χ3n) is 3.30. The van der Waals surface area contributed by atoms with Gasteiger partial charge in [0.15, 0.2) is 5.65 Å². The quantitative estimate of drug-likeness (QED) is 0.552. The number of hydrogen-bond acceptors (Lipinski definition) is 6. The molecule has 0 aliphatic heterocycles. The second kappa shape index (κ2) is 6.00. The molecule has 7 heteroatoms. The number of nitrogens with one attached hydrogen (secondary N) is 1. The summed E-state index contributed by atoms with van der Waals surface area (Å²) in [5, 5.41) is 4.40. The predicted molar refractivity (Wildman–Crippen MR) is 83.5 cm³/mol. The molecule has 0 aliphatic rings. The van der Waals surface area contributed by atoms with Crippen molar-refractivity contribution in [1.82, 2.24) is 14.6 Å². The molecule has 2 aromatic heterocycles. The van der Waals surface area contributed by atoms with Crippen LogP contribution in [0.1, 0.15) is 5.69 Å². The number of nitrogen functional groups attached to an aromatic ring is 1. The Balaban J connectivity index is 2.09. The SMILES string of the molecule is COCc1cc2nc(-c3ccc(OC)cc3)cc(NN)n2n1. The van der Waals surface area contributed by atoms with Gasteiger partial charge in [-0.3, -0.25) is 0 Å². The summed E-state index contributed by atoms with van der Waals surface area (Å²) in [6, 6.07) is 11.4. The summed E-state index contributed by atoms with van der Waals surface area (Å²) in [6.45, 7) is 0.422. The van der Waals surface area contributed by atoms with Crippen LogP contribution in [0.4, 0.5) is 5.82 Å². The van der Waals surface area contributed by atoms with Crippen molar-refractivity contribution in [3.05, 3.63) is 42.1 Å². The second-order valence-electron chi connectivity index (χ2n) is 4.74. The third-order valence-corrected chi connectivity index (χ3v) is 3.30. The van der Waals surface area contributed by atoms with Crippen LogP contribution < -0.4 is 16.0 Å². The zero-order valence-electron chi connectivity index (χ0n) is 12.4. The average molecular weight is 299 g/mol. The number of hydrogen-bond donors (Lipinski definition) is 2. The normalized spacial score (nSPS) is 10.9. The summed E-state index contributed by atoms with van der Waals surface area (Å²) in [4.78, 5) is 4.62. The summed E-state index contributed by atoms with van der Waals surface area (Å²) in [5.74, 6) is 7.05. The Bertz CT molecular complexity index is 782. The van der Waals surface area contributed by atoms with Gasteiger partial charge in [-0.05, 0) is 24.3 Å². The molecule has 0 aliphatic carbocycles. The minimum absolute atomic E-state index is 0.422. The first kappa shape index (κ1) is 14.3. The van der Waals surface area contributed by atoms with Crippen molar-refractivity contribution in [1.29, 1.82) is 0 Å². The van der Waals surface area contributed by atoms with Crippen LogP contribution in [0, 0.1) is 0 Å². The number of nitrogens with two attached hydrogens (primary N) is 1. The van der Waals surface area contributed by atoms with Gasteiger partial charge in [-0.15, -0.1) is 0 Å². The van der Waals surface area contributed by atoms with E-state index in [2.05, 4.69) is 15.5 Å². The predicted octanol–water partition coefficient (Wildman–Crippen LogP) is 1.84. The molecule has 114 valence electrons. The molecule has 22 heavy (non-hydrogen) atoms. The lowest BCUT2D eigenvalue weighted by molar-refractivity contribution is 0.181. The molecule has 0 amide bonds. The minimum Gasteiger partial charge on any atom is -0.497 e. The Labute approximate surface area is 127 Å². The molecule has 7 nitrogen and oxygen atoms in total. The topological polar surface area (TPSA) is 86.7 Å². The van der Waals surface area contributed by atoms with E-state index in [4.69, 9.17) is 15.3 Å². The maximum absolute atomic E-state index is 5.60. The van der Waals surface area contributed by atoms with Crippen LogP contribution in [0.15, 0.2) is 36.4 Å². The fraction of sp³-hybridized carbons (Fsp3) is 0.200. The van der Waals surface area contributed by atoms with Gasteiger partial charge in [-0.2, -0.15) is 9.61 Å². The highest BCUT2D eigenvalue weighted by atomic mass is 16.5. The van der Waals surface area contributed by atoms with E-state index >= 15 is 0 Å². The molecule has 0 saturated carbocycles. The van der Waals surface area contributed by atoms with Crippen LogP contribution in [0.5, 0.6) is 5.75 Å². The lowest BCUT2D eigenvalue weighted by Crippen LogP contribution is -2.12. The van der Waals surface area contributed by atoms with Crippen molar-refractivity contribution in [2.24, 2.45) is 5.84 Å². The fourth-order valence-corrected chi connectivity index (χ4v) is 2.25. The van der Waals surface area contributed by atoms with E-state index in [9.17, 15) is 0 Å². The van der Waals surface area contributed by atoms with Crippen molar-refractivity contribution in [3.63, 3.8) is 0 Å². The highest BCUT2D eigenvalue weighted by Crippen LogP contribution is 2.24. The molecule has 3 aromatic rings. The van der Waals surface area contributed by atoms with Crippen LogP contribution in [0.25, 0.3) is 16.9 Å². The molecule has 3 N–H and O–H groups in total. The smallest absolute Gasteiger partial charge is 0.158 e. The molecule has 0 spiro atoms. The molecule has 0 atom stereocenters. The maximum atomic E-state index is 5.60. The first-order chi connectivity index (χ1) is 10.7. The third kappa shape index (κ3) is 2.59. The van der Waals surface area contributed by atoms with Gasteiger partial charge in [0.05, 0.1) is 25.1 Å². The summed E-state index contributed by atoms with van der Waals surface area (Å²) in [7, 11) is 3.27. The van der Waals surface area contributed by atoms with Gasteiger partial charge < -0.3 is 14.9 Å². The Morgan fingerprint density at radius 3 is 2.59 bits per heavy atom. The summed E-state index contributed by atoms with van der Waals surface area (Å²) >= 11 is 0. The van der Waals surface area contributed by atoms with E-state index in [0.717, 1.165) is 22.7 Å². The number of methoxy groups -OCH3 is 2. The van der Waals surface area contributed by atoms with E-state index in [-0.39, 0.29) is 0 Å². The van der Waals surface area contributed by atoms with Crippen LogP contribution in [-0.4, -0.2) is 28.8 Å². The van der Waals surface area contributed by atoms with Gasteiger partial charge in [-0.25, -0.2) is 10.8 Å². The van der Waals surface area contributed by atoms with E-state index in [1.165, 1.54) is 0 Å². The highest BCUT2D eigenvalue weighted by molar-refractivity contribution is 5.67. The van der Waals surface area contributed by atoms with Gasteiger partial charge >= 0.3 is 0 Å². The molecular weight excluding hydrogens is 282 g/mol. The molecule has 2 heterocycles. The summed E-state index contributed by atoms with van der Waals surface area (Å²) < 4.78 is 11.9. The van der Waals surface area contributed by atoms with Crippen molar-refractivity contribution in [3.8, 4) is 17.0 Å². The average Bonchev–Trinajstić information content (AvgIpc) is 2.96. The second-order valence-corrected chi connectivity index (χ2v) is 4.74. The molecule has 0 saturated heterocycles. The Morgan fingerprint density at radius 1 is 1.18 bits per heavy atom. The number of hydrazine groups is 1. The van der Waals surface area contributed by atoms with Crippen LogP contribution in [-0.2, 0) is 11.3 Å². The lowest BCUT2D eigenvalue weighted by atomic mass is 10.1. The molecule has 3 rings (SSSR count). The molecule has 1 aromatic carbocycles. The van der Waals surface area contributed by atoms with Crippen molar-refractivity contribution in [2.75, 3.05) is 19.6 Å². The Morgan fingerprint density at radius 2 is 1.95 bits per heavy atom. The largest absolute Gasteiger partial charge is 0.497 e. The first-order valence-electron chi connectivity index (χ1n) is 6.75. The van der Waals surface area contributed by atoms with Gasteiger partial charge in [0.2, 0.25) is 0 Å². The van der Waals surface area contributed by atoms with Crippen LogP contribution >= 0.6 is 0 Å². The van der Waals surface area contributed by atoms with Crippen molar-refractivity contribution in [2.45, 2.75) is 6.61 Å². The van der Waals surface area contributed by atoms with Gasteiger partial charge in [0, 0.05) is 24.8 Å². The Hall–Kier alpha value is -2.64. The fourth-order valence-electron chi connectivity index (χ4n) is 2.25. The number of rotatable bonds is 5. The minimum atomic E-state index is 0.422. The van der Waals surface area contributed by atoms with Crippen molar-refractivity contribution >= 4 is 11.5 Å². The Kier molecular flexibility index (Phi) is 3.90. The number of anilines is 1. The van der Waals surface area contributed by atoms with E-state index in [1.807, 2.05) is 36.4 Å². The summed E-state index contributed by atoms with van der Waals surface area (Å²) in [6.07, 6.45) is 0. The number of ether oxygens (including phenoxy) is 2. The van der Waals surface area contributed by atoms with E-state index < -0.39 is 0 Å². The molecule has 0 radical (unpaired) electrons. The first-order valence-corrected chi connectivity index (χ1v) is 6.75. The number of fused-ring (bicyclic) bond motifs is 1. The molecular formula is C15H17N5O2. The van der Waals surface area contributed by atoms with Gasteiger partial charge in [-0.1, -0.05) is 0 Å². The maximum Gasteiger partial charge on any atom is 0.158 e. The standard InChI is InChI=1S/C15H17N5O2/c1-21-9-11-7-14-17-13(8-15(18-16)20(14)19-11)10-3-5-12(22-2)6-4-10/h3-8,18H,9,16H2,1-2H3. The highest BCUT2D eigenvalue weighted by Gasteiger charge is 2.10. The monoisotopic (exact) mass is 299 g/mol. The zero-order chi connectivity index (χ0) is 15.5. The van der Waals surface area contributed by atoms with E-state index in [0.29, 0.717) is 18.1 Å². The molecule has 0 unspecified atom stereocenters.